The van der Waals surface area contributed by atoms with Crippen LogP contribution in [-0.2, 0) is 11.2 Å². The van der Waals surface area contributed by atoms with Gasteiger partial charge in [-0.1, -0.05) is 40.2 Å². The van der Waals surface area contributed by atoms with Crippen LogP contribution >= 0.6 is 15.9 Å². The predicted molar refractivity (Wildman–Crippen MR) is 93.7 cm³/mol. The molecule has 0 fully saturated rings. The molecule has 23 heavy (non-hydrogen) atoms. The second kappa shape index (κ2) is 7.42. The highest BCUT2D eigenvalue weighted by Gasteiger charge is 2.15. The van der Waals surface area contributed by atoms with E-state index in [1.54, 1.807) is 12.1 Å². The number of carbonyl (C=O) groups is 1. The van der Waals surface area contributed by atoms with Gasteiger partial charge < -0.3 is 4.74 Å². The maximum absolute atomic E-state index is 11.9. The maximum atomic E-state index is 11.9. The maximum Gasteiger partial charge on any atom is 0.277 e. The first kappa shape index (κ1) is 15.7. The number of nitrogens with one attached hydrogen (secondary N) is 1. The molecule has 0 unspecified atom stereocenters. The molecular formula is C18H17BrN2O2. The van der Waals surface area contributed by atoms with Gasteiger partial charge in [0.15, 0.2) is 6.61 Å². The Balaban J connectivity index is 1.57. The Morgan fingerprint density at radius 1 is 1.13 bits per heavy atom. The van der Waals surface area contributed by atoms with Crippen LogP contribution in [0.5, 0.6) is 5.75 Å². The fourth-order valence-electron chi connectivity index (χ4n) is 2.56. The summed E-state index contributed by atoms with van der Waals surface area (Å²) < 4.78 is 6.40. The molecule has 5 heteroatoms. The highest BCUT2D eigenvalue weighted by atomic mass is 79.9. The molecule has 1 aliphatic rings. The van der Waals surface area contributed by atoms with Gasteiger partial charge in [0.05, 0.1) is 5.71 Å². The van der Waals surface area contributed by atoms with Gasteiger partial charge in [-0.15, -0.1) is 0 Å². The zero-order valence-corrected chi connectivity index (χ0v) is 14.2. The van der Waals surface area contributed by atoms with E-state index in [4.69, 9.17) is 4.74 Å². The summed E-state index contributed by atoms with van der Waals surface area (Å²) in [6, 6.07) is 15.5. The molecule has 0 bridgehead atoms. The minimum absolute atomic E-state index is 0.0555. The molecule has 1 aliphatic carbocycles. The second-order valence-corrected chi connectivity index (χ2v) is 6.26. The number of benzene rings is 2. The van der Waals surface area contributed by atoms with E-state index < -0.39 is 0 Å². The highest BCUT2D eigenvalue weighted by molar-refractivity contribution is 9.10. The van der Waals surface area contributed by atoms with Gasteiger partial charge in [0.2, 0.25) is 0 Å². The molecule has 118 valence electrons. The summed E-state index contributed by atoms with van der Waals surface area (Å²) in [4.78, 5) is 11.9. The van der Waals surface area contributed by atoms with Crippen molar-refractivity contribution < 1.29 is 9.53 Å². The third-order valence-electron chi connectivity index (χ3n) is 3.69. The van der Waals surface area contributed by atoms with Gasteiger partial charge in [0, 0.05) is 10.0 Å². The van der Waals surface area contributed by atoms with E-state index in [-0.39, 0.29) is 12.5 Å². The molecule has 0 aliphatic heterocycles. The lowest BCUT2D eigenvalue weighted by atomic mass is 9.90. The van der Waals surface area contributed by atoms with Crippen LogP contribution in [0.4, 0.5) is 0 Å². The van der Waals surface area contributed by atoms with E-state index in [0.717, 1.165) is 35.0 Å². The summed E-state index contributed by atoms with van der Waals surface area (Å²) in [5.74, 6) is 0.391. The Labute approximate surface area is 143 Å². The Bertz CT molecular complexity index is 726. The standard InChI is InChI=1S/C18H17BrN2O2/c19-14-8-10-15(11-9-14)23-12-18(22)21-20-17-7-3-5-13-4-1-2-6-16(13)17/h1-2,4,6,8-11H,3,5,7,12H2,(H,21,22)/b20-17+. The molecule has 3 rings (SSSR count). The van der Waals surface area contributed by atoms with E-state index in [1.165, 1.54) is 5.56 Å². The number of hydrazone groups is 1. The van der Waals surface area contributed by atoms with Gasteiger partial charge in [-0.3, -0.25) is 4.79 Å². The van der Waals surface area contributed by atoms with Crippen molar-refractivity contribution in [2.45, 2.75) is 19.3 Å². The Morgan fingerprint density at radius 3 is 2.74 bits per heavy atom. The normalized spacial score (nSPS) is 15.1. The van der Waals surface area contributed by atoms with Crippen molar-refractivity contribution in [1.29, 1.82) is 0 Å². The zero-order valence-electron chi connectivity index (χ0n) is 12.6. The first-order valence-electron chi connectivity index (χ1n) is 7.54. The molecule has 1 N–H and O–H groups in total. The number of amides is 1. The quantitative estimate of drug-likeness (QED) is 0.832. The zero-order chi connectivity index (χ0) is 16.1. The molecule has 1 amide bonds. The molecule has 2 aromatic rings. The number of halogens is 1. The molecule has 0 aromatic heterocycles. The minimum atomic E-state index is -0.261. The number of carbonyl (C=O) groups excluding carboxylic acids is 1. The Morgan fingerprint density at radius 2 is 1.91 bits per heavy atom. The molecule has 0 radical (unpaired) electrons. The van der Waals surface area contributed by atoms with E-state index in [0.29, 0.717) is 5.75 Å². The number of aryl methyl sites for hydroxylation is 1. The predicted octanol–water partition coefficient (Wildman–Crippen LogP) is 3.68. The van der Waals surface area contributed by atoms with Crippen LogP contribution in [0.1, 0.15) is 24.0 Å². The van der Waals surface area contributed by atoms with Gasteiger partial charge in [-0.2, -0.15) is 5.10 Å². The summed E-state index contributed by atoms with van der Waals surface area (Å²) in [5.41, 5.74) is 5.95. The summed E-state index contributed by atoms with van der Waals surface area (Å²) in [5, 5.41) is 4.28. The van der Waals surface area contributed by atoms with Gasteiger partial charge in [-0.25, -0.2) is 5.43 Å². The van der Waals surface area contributed by atoms with Crippen LogP contribution in [0.15, 0.2) is 58.1 Å². The average Bonchev–Trinajstić information content (AvgIpc) is 2.59. The van der Waals surface area contributed by atoms with E-state index in [9.17, 15) is 4.79 Å². The van der Waals surface area contributed by atoms with E-state index >= 15 is 0 Å². The number of hydrogen-bond acceptors (Lipinski definition) is 3. The number of nitrogens with zero attached hydrogens (tertiary/aromatic N) is 1. The van der Waals surface area contributed by atoms with Crippen LogP contribution in [0.2, 0.25) is 0 Å². The molecular weight excluding hydrogens is 356 g/mol. The van der Waals surface area contributed by atoms with Crippen LogP contribution in [0.3, 0.4) is 0 Å². The number of hydrogen-bond donors (Lipinski definition) is 1. The highest BCUT2D eigenvalue weighted by Crippen LogP contribution is 2.21. The summed E-state index contributed by atoms with van der Waals surface area (Å²) in [6.07, 6.45) is 3.00. The largest absolute Gasteiger partial charge is 0.484 e. The molecule has 4 nitrogen and oxygen atoms in total. The summed E-state index contributed by atoms with van der Waals surface area (Å²) >= 11 is 3.36. The Hall–Kier alpha value is -2.14. The van der Waals surface area contributed by atoms with Gasteiger partial charge in [0.25, 0.3) is 5.91 Å². The number of fused-ring (bicyclic) bond motifs is 1. The fraction of sp³-hybridized carbons (Fsp3) is 0.222. The number of rotatable bonds is 4. The van der Waals surface area contributed by atoms with Crippen molar-refractivity contribution in [3.05, 3.63) is 64.1 Å². The van der Waals surface area contributed by atoms with Gasteiger partial charge in [0.1, 0.15) is 5.75 Å². The molecule has 0 saturated heterocycles. The molecule has 0 spiro atoms. The molecule has 0 atom stereocenters. The van der Waals surface area contributed by atoms with Crippen LogP contribution < -0.4 is 10.2 Å². The van der Waals surface area contributed by atoms with Crippen molar-refractivity contribution >= 4 is 27.5 Å². The Kier molecular flexibility index (Phi) is 5.08. The molecule has 2 aromatic carbocycles. The van der Waals surface area contributed by atoms with Crippen molar-refractivity contribution in [3.63, 3.8) is 0 Å². The van der Waals surface area contributed by atoms with Crippen molar-refractivity contribution in [2.24, 2.45) is 5.10 Å². The topological polar surface area (TPSA) is 50.7 Å². The lowest BCUT2D eigenvalue weighted by molar-refractivity contribution is -0.123. The average molecular weight is 373 g/mol. The first-order valence-corrected chi connectivity index (χ1v) is 8.34. The van der Waals surface area contributed by atoms with Crippen molar-refractivity contribution in [1.82, 2.24) is 5.43 Å². The van der Waals surface area contributed by atoms with E-state index in [2.05, 4.69) is 38.6 Å². The van der Waals surface area contributed by atoms with Gasteiger partial charge in [-0.05, 0) is 49.1 Å². The number of ether oxygens (including phenoxy) is 1. The van der Waals surface area contributed by atoms with Crippen LogP contribution in [-0.4, -0.2) is 18.2 Å². The molecule has 0 saturated carbocycles. The monoisotopic (exact) mass is 372 g/mol. The first-order chi connectivity index (χ1) is 11.2. The minimum Gasteiger partial charge on any atom is -0.484 e. The van der Waals surface area contributed by atoms with E-state index in [1.807, 2.05) is 24.3 Å². The lowest BCUT2D eigenvalue weighted by Crippen LogP contribution is -2.26. The molecule has 0 heterocycles. The second-order valence-electron chi connectivity index (χ2n) is 5.35. The summed E-state index contributed by atoms with van der Waals surface area (Å²) in [7, 11) is 0. The van der Waals surface area contributed by atoms with Crippen LogP contribution in [0, 0.1) is 0 Å². The van der Waals surface area contributed by atoms with Crippen molar-refractivity contribution in [3.8, 4) is 5.75 Å². The smallest absolute Gasteiger partial charge is 0.277 e. The van der Waals surface area contributed by atoms with Crippen molar-refractivity contribution in [2.75, 3.05) is 6.61 Å². The van der Waals surface area contributed by atoms with Crippen LogP contribution in [0.25, 0.3) is 0 Å². The summed E-state index contributed by atoms with van der Waals surface area (Å²) in [6.45, 7) is -0.0555. The van der Waals surface area contributed by atoms with Gasteiger partial charge >= 0.3 is 0 Å². The lowest BCUT2D eigenvalue weighted by Gasteiger charge is -2.17. The third kappa shape index (κ3) is 4.20. The fourth-order valence-corrected chi connectivity index (χ4v) is 2.82. The SMILES string of the molecule is O=C(COc1ccc(Br)cc1)N/N=C1\CCCc2ccccc21. The third-order valence-corrected chi connectivity index (χ3v) is 4.22.